The fourth-order valence-electron chi connectivity index (χ4n) is 2.39. The molecule has 0 fully saturated rings. The van der Waals surface area contributed by atoms with Crippen molar-refractivity contribution in [2.45, 2.75) is 71.1 Å². The molecule has 0 bridgehead atoms. The minimum absolute atomic E-state index is 0.209. The summed E-state index contributed by atoms with van der Waals surface area (Å²) in [6.07, 6.45) is 14.6. The van der Waals surface area contributed by atoms with Crippen LogP contribution in [0.1, 0.15) is 77.0 Å². The lowest BCUT2D eigenvalue weighted by Crippen LogP contribution is -2.21. The van der Waals surface area contributed by atoms with Gasteiger partial charge in [0.2, 0.25) is 0 Å². The lowest BCUT2D eigenvalue weighted by atomic mass is 9.76. The third-order valence-corrected chi connectivity index (χ3v) is 4.60. The first-order chi connectivity index (χ1) is 8.68. The number of unbranched alkanes of at least 4 members (excludes halogenated alkanes) is 4. The molecule has 1 unspecified atom stereocenters. The Kier molecular flexibility index (Phi) is 6.43. The van der Waals surface area contributed by atoms with E-state index in [1.165, 1.54) is 55.6 Å². The quantitative estimate of drug-likeness (QED) is 0.467. The van der Waals surface area contributed by atoms with Crippen molar-refractivity contribution in [2.24, 2.45) is 0 Å². The molecule has 0 aliphatic rings. The zero-order chi connectivity index (χ0) is 13.4. The van der Waals surface area contributed by atoms with Crippen LogP contribution in [0.2, 0.25) is 0 Å². The van der Waals surface area contributed by atoms with E-state index >= 15 is 0 Å². The molecule has 1 nitrogen and oxygen atoms in total. The van der Waals surface area contributed by atoms with Crippen molar-refractivity contribution in [3.05, 3.63) is 16.6 Å². The van der Waals surface area contributed by atoms with Gasteiger partial charge in [-0.15, -0.1) is 6.42 Å². The number of rotatable bonds is 8. The summed E-state index contributed by atoms with van der Waals surface area (Å²) in [5.41, 5.74) is 2.35. The second-order valence-electron chi connectivity index (χ2n) is 5.30. The molecule has 18 heavy (non-hydrogen) atoms. The number of terminal acetylenes is 1. The van der Waals surface area contributed by atoms with Crippen molar-refractivity contribution in [1.82, 2.24) is 4.37 Å². The molecule has 0 aliphatic carbocycles. The molecule has 1 rings (SSSR count). The molecule has 1 heterocycles. The maximum atomic E-state index is 5.54. The van der Waals surface area contributed by atoms with Gasteiger partial charge in [-0.25, -0.2) is 0 Å². The van der Waals surface area contributed by atoms with Crippen LogP contribution >= 0.6 is 11.5 Å². The number of nitrogens with zero attached hydrogens (tertiary/aromatic N) is 1. The molecule has 0 aliphatic heterocycles. The number of aromatic nitrogens is 1. The van der Waals surface area contributed by atoms with Crippen LogP contribution in [0.4, 0.5) is 0 Å². The Balaban J connectivity index is 2.60. The standard InChI is InChI=1S/C16H25NS/c1-5-8-9-10-11-12-16(4,7-3)14-13-18-17-15(14)6-2/h2,13H,5,7-12H2,1,3-4H3. The topological polar surface area (TPSA) is 12.9 Å². The van der Waals surface area contributed by atoms with Gasteiger partial charge in [-0.2, -0.15) is 4.37 Å². The molecule has 0 N–H and O–H groups in total. The van der Waals surface area contributed by atoms with Gasteiger partial charge in [0, 0.05) is 10.9 Å². The van der Waals surface area contributed by atoms with Gasteiger partial charge in [0.05, 0.1) is 0 Å². The average Bonchev–Trinajstić information content (AvgIpc) is 2.87. The highest BCUT2D eigenvalue weighted by atomic mass is 32.1. The summed E-state index contributed by atoms with van der Waals surface area (Å²) in [6.45, 7) is 6.84. The van der Waals surface area contributed by atoms with Crippen molar-refractivity contribution >= 4 is 11.5 Å². The van der Waals surface area contributed by atoms with Crippen LogP contribution in [-0.2, 0) is 5.41 Å². The lowest BCUT2D eigenvalue weighted by Gasteiger charge is -2.28. The average molecular weight is 263 g/mol. The third kappa shape index (κ3) is 3.85. The summed E-state index contributed by atoms with van der Waals surface area (Å²) in [7, 11) is 0. The van der Waals surface area contributed by atoms with Crippen LogP contribution in [0.5, 0.6) is 0 Å². The molecular formula is C16H25NS. The molecule has 1 atom stereocenters. The zero-order valence-electron chi connectivity index (χ0n) is 12.0. The summed E-state index contributed by atoms with van der Waals surface area (Å²) >= 11 is 1.49. The van der Waals surface area contributed by atoms with Crippen molar-refractivity contribution in [1.29, 1.82) is 0 Å². The molecule has 100 valence electrons. The zero-order valence-corrected chi connectivity index (χ0v) is 12.8. The van der Waals surface area contributed by atoms with Crippen molar-refractivity contribution in [3.63, 3.8) is 0 Å². The summed E-state index contributed by atoms with van der Waals surface area (Å²) < 4.78 is 4.31. The molecule has 0 amide bonds. The molecule has 0 saturated carbocycles. The normalized spacial score (nSPS) is 14.1. The van der Waals surface area contributed by atoms with E-state index in [0.29, 0.717) is 0 Å². The van der Waals surface area contributed by atoms with Gasteiger partial charge in [-0.3, -0.25) is 0 Å². The minimum Gasteiger partial charge on any atom is -0.184 e. The summed E-state index contributed by atoms with van der Waals surface area (Å²) in [4.78, 5) is 0. The van der Waals surface area contributed by atoms with E-state index in [-0.39, 0.29) is 5.41 Å². The lowest BCUT2D eigenvalue weighted by molar-refractivity contribution is 0.394. The van der Waals surface area contributed by atoms with E-state index in [1.807, 2.05) is 0 Å². The molecule has 0 aromatic carbocycles. The summed E-state index contributed by atoms with van der Waals surface area (Å²) in [5.74, 6) is 2.73. The van der Waals surface area contributed by atoms with Crippen molar-refractivity contribution in [2.75, 3.05) is 0 Å². The highest BCUT2D eigenvalue weighted by molar-refractivity contribution is 7.03. The van der Waals surface area contributed by atoms with E-state index < -0.39 is 0 Å². The largest absolute Gasteiger partial charge is 0.184 e. The molecule has 2 heteroatoms. The van der Waals surface area contributed by atoms with Gasteiger partial charge in [0.15, 0.2) is 0 Å². The Bertz CT molecular complexity index is 388. The van der Waals surface area contributed by atoms with Crippen LogP contribution in [0.3, 0.4) is 0 Å². The summed E-state index contributed by atoms with van der Waals surface area (Å²) in [5, 5.41) is 2.14. The number of hydrogen-bond donors (Lipinski definition) is 0. The molecule has 1 aromatic heterocycles. The van der Waals surface area contributed by atoms with Gasteiger partial charge in [-0.05, 0) is 35.7 Å². The smallest absolute Gasteiger partial charge is 0.130 e. The third-order valence-electron chi connectivity index (χ3n) is 3.97. The monoisotopic (exact) mass is 263 g/mol. The van der Waals surface area contributed by atoms with E-state index in [9.17, 15) is 0 Å². The first kappa shape index (κ1) is 15.2. The predicted octanol–water partition coefficient (Wildman–Crippen LogP) is 5.15. The number of hydrogen-bond acceptors (Lipinski definition) is 2. The van der Waals surface area contributed by atoms with Gasteiger partial charge < -0.3 is 0 Å². The maximum Gasteiger partial charge on any atom is 0.130 e. The highest BCUT2D eigenvalue weighted by Gasteiger charge is 2.27. The summed E-state index contributed by atoms with van der Waals surface area (Å²) in [6, 6.07) is 0. The Hall–Kier alpha value is -0.810. The van der Waals surface area contributed by atoms with Crippen LogP contribution < -0.4 is 0 Å². The molecule has 1 aromatic rings. The van der Waals surface area contributed by atoms with E-state index in [4.69, 9.17) is 6.42 Å². The van der Waals surface area contributed by atoms with Crippen LogP contribution in [0.25, 0.3) is 0 Å². The molecule has 0 saturated heterocycles. The van der Waals surface area contributed by atoms with Gasteiger partial charge >= 0.3 is 0 Å². The van der Waals surface area contributed by atoms with Gasteiger partial charge in [-0.1, -0.05) is 52.9 Å². The Morgan fingerprint density at radius 2 is 2.00 bits per heavy atom. The second kappa shape index (κ2) is 7.59. The first-order valence-corrected chi connectivity index (χ1v) is 7.93. The predicted molar refractivity (Wildman–Crippen MR) is 81.1 cm³/mol. The first-order valence-electron chi connectivity index (χ1n) is 7.09. The van der Waals surface area contributed by atoms with Crippen molar-refractivity contribution in [3.8, 4) is 12.3 Å². The fraction of sp³-hybridized carbons (Fsp3) is 0.688. The van der Waals surface area contributed by atoms with Gasteiger partial charge in [0.25, 0.3) is 0 Å². The van der Waals surface area contributed by atoms with Gasteiger partial charge in [0.1, 0.15) is 5.69 Å². The van der Waals surface area contributed by atoms with Crippen LogP contribution in [-0.4, -0.2) is 4.37 Å². The van der Waals surface area contributed by atoms with E-state index in [1.54, 1.807) is 0 Å². The van der Waals surface area contributed by atoms with Crippen LogP contribution in [0.15, 0.2) is 5.38 Å². The Morgan fingerprint density at radius 3 is 2.61 bits per heavy atom. The Morgan fingerprint density at radius 1 is 1.28 bits per heavy atom. The second-order valence-corrected chi connectivity index (χ2v) is 5.93. The maximum absolute atomic E-state index is 5.54. The molecule has 0 spiro atoms. The highest BCUT2D eigenvalue weighted by Crippen LogP contribution is 2.35. The Labute approximate surface area is 116 Å². The SMILES string of the molecule is C#Cc1nscc1C(C)(CC)CCCCCCC. The minimum atomic E-state index is 0.209. The van der Waals surface area contributed by atoms with E-state index in [0.717, 1.165) is 12.1 Å². The van der Waals surface area contributed by atoms with E-state index in [2.05, 4.69) is 36.4 Å². The molecular weight excluding hydrogens is 238 g/mol. The van der Waals surface area contributed by atoms with Crippen LogP contribution in [0, 0.1) is 12.3 Å². The van der Waals surface area contributed by atoms with Crippen molar-refractivity contribution < 1.29 is 0 Å². The molecule has 0 radical (unpaired) electrons. The fourth-order valence-corrected chi connectivity index (χ4v) is 3.20.